The van der Waals surface area contributed by atoms with E-state index in [4.69, 9.17) is 0 Å². The Hall–Kier alpha value is -0.480. The van der Waals surface area contributed by atoms with E-state index in [1.165, 1.54) is 12.8 Å². The van der Waals surface area contributed by atoms with Gasteiger partial charge in [0, 0.05) is 6.42 Å². The first-order valence-electron chi connectivity index (χ1n) is 4.92. The summed E-state index contributed by atoms with van der Waals surface area (Å²) in [5, 5.41) is 9.51. The second kappa shape index (κ2) is 5.22. The summed E-state index contributed by atoms with van der Waals surface area (Å²) in [4.78, 5) is 0. The molecule has 1 atom stereocenters. The molecular weight excluding hydrogens is 148 g/mol. The van der Waals surface area contributed by atoms with E-state index in [1.807, 2.05) is 6.92 Å². The fourth-order valence-electron chi connectivity index (χ4n) is 1.41. The predicted molar refractivity (Wildman–Crippen MR) is 50.6 cm³/mol. The molecule has 1 aliphatic rings. The molecule has 1 rings (SSSR count). The first-order valence-corrected chi connectivity index (χ1v) is 4.92. The number of rotatable bonds is 5. The Morgan fingerprint density at radius 1 is 1.42 bits per heavy atom. The lowest BCUT2D eigenvalue weighted by molar-refractivity contribution is 0.138. The van der Waals surface area contributed by atoms with Crippen LogP contribution in [0.15, 0.2) is 0 Å². The molecule has 1 saturated carbocycles. The van der Waals surface area contributed by atoms with Gasteiger partial charge in [0.1, 0.15) is 0 Å². The summed E-state index contributed by atoms with van der Waals surface area (Å²) in [6, 6.07) is 0. The van der Waals surface area contributed by atoms with Crippen LogP contribution in [-0.4, -0.2) is 11.2 Å². The van der Waals surface area contributed by atoms with Crippen LogP contribution >= 0.6 is 0 Å². The highest BCUT2D eigenvalue weighted by atomic mass is 16.3. The maximum absolute atomic E-state index is 9.51. The molecule has 0 saturated heterocycles. The van der Waals surface area contributed by atoms with Crippen molar-refractivity contribution in [1.82, 2.24) is 0 Å². The molecule has 0 radical (unpaired) electrons. The van der Waals surface area contributed by atoms with E-state index in [9.17, 15) is 5.11 Å². The van der Waals surface area contributed by atoms with Gasteiger partial charge in [0.2, 0.25) is 0 Å². The minimum Gasteiger partial charge on any atom is -0.393 e. The van der Waals surface area contributed by atoms with Crippen LogP contribution in [0.1, 0.15) is 45.4 Å². The van der Waals surface area contributed by atoms with E-state index in [0.29, 0.717) is 5.92 Å². The lowest BCUT2D eigenvalue weighted by atomic mass is 10.1. The number of unbranched alkanes of at least 4 members (excludes halogenated alkanes) is 2. The summed E-state index contributed by atoms with van der Waals surface area (Å²) in [5.74, 6) is 6.55. The predicted octanol–water partition coefficient (Wildman–Crippen LogP) is 2.34. The standard InChI is InChI=1S/C11H18O/c1-2-3-4-5-6-7-11(12)10-8-9-10/h10-12H,4-9H2,1H3. The average molecular weight is 166 g/mol. The van der Waals surface area contributed by atoms with Gasteiger partial charge in [-0.2, -0.15) is 0 Å². The molecule has 68 valence electrons. The lowest BCUT2D eigenvalue weighted by Gasteiger charge is -2.06. The number of aliphatic hydroxyl groups is 1. The second-order valence-corrected chi connectivity index (χ2v) is 3.58. The van der Waals surface area contributed by atoms with Crippen LogP contribution in [0.4, 0.5) is 0 Å². The Labute approximate surface area is 75.2 Å². The van der Waals surface area contributed by atoms with Crippen LogP contribution in [0.5, 0.6) is 0 Å². The molecule has 0 heterocycles. The monoisotopic (exact) mass is 166 g/mol. The Morgan fingerprint density at radius 3 is 2.75 bits per heavy atom. The third-order valence-electron chi connectivity index (χ3n) is 2.39. The van der Waals surface area contributed by atoms with Crippen molar-refractivity contribution in [2.24, 2.45) is 5.92 Å². The van der Waals surface area contributed by atoms with Gasteiger partial charge in [-0.05, 0) is 44.9 Å². The molecule has 0 amide bonds. The molecule has 1 aliphatic carbocycles. The normalized spacial score (nSPS) is 18.2. The summed E-state index contributed by atoms with van der Waals surface area (Å²) in [6.07, 6.45) is 6.73. The van der Waals surface area contributed by atoms with Crippen LogP contribution in [-0.2, 0) is 0 Å². The Balaban J connectivity index is 1.89. The topological polar surface area (TPSA) is 20.2 Å². The van der Waals surface area contributed by atoms with Gasteiger partial charge in [-0.3, -0.25) is 0 Å². The Kier molecular flexibility index (Phi) is 4.18. The van der Waals surface area contributed by atoms with Crippen LogP contribution in [0, 0.1) is 17.8 Å². The lowest BCUT2D eigenvalue weighted by Crippen LogP contribution is -2.08. The molecule has 1 nitrogen and oxygen atoms in total. The van der Waals surface area contributed by atoms with Gasteiger partial charge in [-0.15, -0.1) is 11.8 Å². The molecule has 12 heavy (non-hydrogen) atoms. The Bertz CT molecular complexity index is 171. The molecule has 0 aromatic rings. The van der Waals surface area contributed by atoms with Crippen molar-refractivity contribution in [2.75, 3.05) is 0 Å². The van der Waals surface area contributed by atoms with Crippen molar-refractivity contribution in [3.05, 3.63) is 0 Å². The van der Waals surface area contributed by atoms with Crippen molar-refractivity contribution in [3.8, 4) is 11.8 Å². The smallest absolute Gasteiger partial charge is 0.0568 e. The molecule has 0 aliphatic heterocycles. The van der Waals surface area contributed by atoms with Crippen LogP contribution in [0.2, 0.25) is 0 Å². The van der Waals surface area contributed by atoms with Gasteiger partial charge < -0.3 is 5.11 Å². The van der Waals surface area contributed by atoms with E-state index >= 15 is 0 Å². The summed E-state index contributed by atoms with van der Waals surface area (Å²) in [5.41, 5.74) is 0. The number of hydrogen-bond acceptors (Lipinski definition) is 1. The van der Waals surface area contributed by atoms with Crippen molar-refractivity contribution < 1.29 is 5.11 Å². The SMILES string of the molecule is CC#CCCCCC(O)C1CC1. The van der Waals surface area contributed by atoms with Crippen molar-refractivity contribution in [3.63, 3.8) is 0 Å². The Morgan fingerprint density at radius 2 is 2.17 bits per heavy atom. The van der Waals surface area contributed by atoms with E-state index in [0.717, 1.165) is 25.7 Å². The molecule has 0 spiro atoms. The molecule has 1 unspecified atom stereocenters. The summed E-state index contributed by atoms with van der Waals surface area (Å²) in [7, 11) is 0. The fraction of sp³-hybridized carbons (Fsp3) is 0.818. The summed E-state index contributed by atoms with van der Waals surface area (Å²) in [6.45, 7) is 1.87. The molecule has 0 aromatic heterocycles. The largest absolute Gasteiger partial charge is 0.393 e. The van der Waals surface area contributed by atoms with E-state index in [1.54, 1.807) is 0 Å². The zero-order chi connectivity index (χ0) is 8.81. The zero-order valence-corrected chi connectivity index (χ0v) is 7.84. The fourth-order valence-corrected chi connectivity index (χ4v) is 1.41. The van der Waals surface area contributed by atoms with Gasteiger partial charge in [0.15, 0.2) is 0 Å². The highest BCUT2D eigenvalue weighted by Gasteiger charge is 2.28. The van der Waals surface area contributed by atoms with Crippen molar-refractivity contribution in [1.29, 1.82) is 0 Å². The average Bonchev–Trinajstić information content (AvgIpc) is 2.86. The molecule has 1 N–H and O–H groups in total. The van der Waals surface area contributed by atoms with Gasteiger partial charge in [-0.1, -0.05) is 0 Å². The zero-order valence-electron chi connectivity index (χ0n) is 7.84. The van der Waals surface area contributed by atoms with E-state index in [2.05, 4.69) is 11.8 Å². The first-order chi connectivity index (χ1) is 5.84. The maximum Gasteiger partial charge on any atom is 0.0568 e. The van der Waals surface area contributed by atoms with Crippen LogP contribution in [0.25, 0.3) is 0 Å². The minimum absolute atomic E-state index is 0.0143. The molecule has 0 bridgehead atoms. The molecule has 1 fully saturated rings. The van der Waals surface area contributed by atoms with Crippen molar-refractivity contribution >= 4 is 0 Å². The van der Waals surface area contributed by atoms with Gasteiger partial charge >= 0.3 is 0 Å². The van der Waals surface area contributed by atoms with Gasteiger partial charge in [-0.25, -0.2) is 0 Å². The highest BCUT2D eigenvalue weighted by molar-refractivity contribution is 4.94. The quantitative estimate of drug-likeness (QED) is 0.491. The van der Waals surface area contributed by atoms with E-state index < -0.39 is 0 Å². The second-order valence-electron chi connectivity index (χ2n) is 3.58. The minimum atomic E-state index is -0.0143. The number of hydrogen-bond donors (Lipinski definition) is 1. The molecule has 1 heteroatoms. The first kappa shape index (κ1) is 9.61. The summed E-state index contributed by atoms with van der Waals surface area (Å²) < 4.78 is 0. The number of aliphatic hydroxyl groups excluding tert-OH is 1. The van der Waals surface area contributed by atoms with Crippen LogP contribution < -0.4 is 0 Å². The molecular formula is C11H18O. The third-order valence-corrected chi connectivity index (χ3v) is 2.39. The summed E-state index contributed by atoms with van der Waals surface area (Å²) >= 11 is 0. The van der Waals surface area contributed by atoms with Crippen LogP contribution in [0.3, 0.4) is 0 Å². The third kappa shape index (κ3) is 3.78. The maximum atomic E-state index is 9.51. The van der Waals surface area contributed by atoms with Gasteiger partial charge in [0.05, 0.1) is 6.10 Å². The van der Waals surface area contributed by atoms with Crippen molar-refractivity contribution in [2.45, 2.75) is 51.6 Å². The molecule has 0 aromatic carbocycles. The van der Waals surface area contributed by atoms with Gasteiger partial charge in [0.25, 0.3) is 0 Å². The van der Waals surface area contributed by atoms with E-state index in [-0.39, 0.29) is 6.10 Å². The highest BCUT2D eigenvalue weighted by Crippen LogP contribution is 2.34.